The molecule has 3 heteroatoms. The van der Waals surface area contributed by atoms with Crippen molar-refractivity contribution in [1.82, 2.24) is 10.2 Å². The van der Waals surface area contributed by atoms with Gasteiger partial charge in [0.2, 0.25) is 0 Å². The number of nitrogens with zero attached hydrogens (tertiary/aromatic N) is 1. The van der Waals surface area contributed by atoms with Crippen LogP contribution >= 0.6 is 0 Å². The largest absolute Gasteiger partial charge is 0.465 e. The topological polar surface area (TPSA) is 28.4 Å². The molecule has 3 nitrogen and oxygen atoms in total. The Hall–Kier alpha value is -0.800. The van der Waals surface area contributed by atoms with Crippen molar-refractivity contribution in [2.24, 2.45) is 11.8 Å². The first-order valence-electron chi connectivity index (χ1n) is 6.36. The fraction of sp³-hybridized carbons (Fsp3) is 0.692. The first kappa shape index (κ1) is 10.4. The lowest BCUT2D eigenvalue weighted by Crippen LogP contribution is -2.25. The first-order chi connectivity index (χ1) is 7.85. The molecular formula is C13H20N2O. The van der Waals surface area contributed by atoms with Gasteiger partial charge in [0.1, 0.15) is 11.5 Å². The molecule has 16 heavy (non-hydrogen) atoms. The Kier molecular flexibility index (Phi) is 2.74. The number of hydrogen-bond donors (Lipinski definition) is 1. The van der Waals surface area contributed by atoms with Crippen LogP contribution in [0.5, 0.6) is 0 Å². The summed E-state index contributed by atoms with van der Waals surface area (Å²) >= 11 is 0. The van der Waals surface area contributed by atoms with Gasteiger partial charge >= 0.3 is 0 Å². The van der Waals surface area contributed by atoms with Crippen LogP contribution in [-0.4, -0.2) is 31.1 Å². The van der Waals surface area contributed by atoms with E-state index in [1.54, 1.807) is 0 Å². The molecule has 1 aromatic heterocycles. The zero-order chi connectivity index (χ0) is 11.0. The molecule has 2 aliphatic rings. The lowest BCUT2D eigenvalue weighted by Gasteiger charge is -2.14. The third-order valence-corrected chi connectivity index (χ3v) is 3.91. The van der Waals surface area contributed by atoms with Gasteiger partial charge in [-0.05, 0) is 37.1 Å². The Bertz CT molecular complexity index is 349. The van der Waals surface area contributed by atoms with E-state index in [9.17, 15) is 0 Å². The second-order valence-corrected chi connectivity index (χ2v) is 5.09. The molecule has 2 saturated heterocycles. The molecule has 0 radical (unpaired) electrons. The molecule has 2 atom stereocenters. The van der Waals surface area contributed by atoms with Crippen LogP contribution < -0.4 is 5.32 Å². The van der Waals surface area contributed by atoms with Crippen LogP contribution in [0.25, 0.3) is 0 Å². The van der Waals surface area contributed by atoms with Crippen LogP contribution in [0, 0.1) is 11.8 Å². The molecule has 0 aliphatic carbocycles. The summed E-state index contributed by atoms with van der Waals surface area (Å²) in [4.78, 5) is 2.54. The van der Waals surface area contributed by atoms with E-state index >= 15 is 0 Å². The van der Waals surface area contributed by atoms with Gasteiger partial charge < -0.3 is 9.73 Å². The molecule has 88 valence electrons. The maximum absolute atomic E-state index is 5.76. The normalized spacial score (nSPS) is 29.8. The van der Waals surface area contributed by atoms with Crippen LogP contribution in [0.2, 0.25) is 0 Å². The quantitative estimate of drug-likeness (QED) is 0.836. The summed E-state index contributed by atoms with van der Waals surface area (Å²) in [5, 5.41) is 3.47. The first-order valence-corrected chi connectivity index (χ1v) is 6.36. The minimum atomic E-state index is 0.876. The van der Waals surface area contributed by atoms with E-state index in [-0.39, 0.29) is 0 Å². The van der Waals surface area contributed by atoms with Crippen LogP contribution in [0.15, 0.2) is 16.5 Å². The molecule has 0 spiro atoms. The lowest BCUT2D eigenvalue weighted by molar-refractivity contribution is 0.274. The maximum Gasteiger partial charge on any atom is 0.118 e. The number of fused-ring (bicyclic) bond motifs is 1. The highest BCUT2D eigenvalue weighted by Crippen LogP contribution is 2.27. The molecule has 1 N–H and O–H groups in total. The highest BCUT2D eigenvalue weighted by Gasteiger charge is 2.35. The zero-order valence-corrected chi connectivity index (χ0v) is 9.91. The Morgan fingerprint density at radius 3 is 2.56 bits per heavy atom. The molecule has 2 aliphatic heterocycles. The predicted molar refractivity (Wildman–Crippen MR) is 63.2 cm³/mol. The molecule has 1 aromatic rings. The smallest absolute Gasteiger partial charge is 0.118 e. The van der Waals surface area contributed by atoms with Crippen molar-refractivity contribution >= 4 is 0 Å². The van der Waals surface area contributed by atoms with Gasteiger partial charge in [0.25, 0.3) is 0 Å². The Morgan fingerprint density at radius 2 is 1.94 bits per heavy atom. The van der Waals surface area contributed by atoms with Gasteiger partial charge in [-0.3, -0.25) is 4.90 Å². The van der Waals surface area contributed by atoms with E-state index in [4.69, 9.17) is 4.42 Å². The van der Waals surface area contributed by atoms with Crippen molar-refractivity contribution in [3.05, 3.63) is 23.7 Å². The number of rotatable bonds is 3. The summed E-state index contributed by atoms with van der Waals surface area (Å²) in [6, 6.07) is 4.24. The van der Waals surface area contributed by atoms with E-state index in [0.29, 0.717) is 0 Å². The van der Waals surface area contributed by atoms with Crippen LogP contribution in [-0.2, 0) is 13.0 Å². The second kappa shape index (κ2) is 4.22. The Morgan fingerprint density at radius 1 is 1.25 bits per heavy atom. The predicted octanol–water partition coefficient (Wildman–Crippen LogP) is 1.49. The van der Waals surface area contributed by atoms with E-state index < -0.39 is 0 Å². The number of nitrogens with one attached hydrogen (secondary N) is 1. The van der Waals surface area contributed by atoms with Gasteiger partial charge in [0.05, 0.1) is 6.54 Å². The van der Waals surface area contributed by atoms with Crippen molar-refractivity contribution in [2.75, 3.05) is 26.2 Å². The average Bonchev–Trinajstić information content (AvgIpc) is 2.92. The minimum Gasteiger partial charge on any atom is -0.465 e. The molecular weight excluding hydrogens is 200 g/mol. The number of likely N-dealkylation sites (tertiary alicyclic amines) is 1. The van der Waals surface area contributed by atoms with Gasteiger partial charge in [0.15, 0.2) is 0 Å². The lowest BCUT2D eigenvalue weighted by atomic mass is 10.0. The third-order valence-electron chi connectivity index (χ3n) is 3.91. The number of aryl methyl sites for hydroxylation is 1. The molecule has 2 fully saturated rings. The summed E-state index contributed by atoms with van der Waals surface area (Å²) in [6.45, 7) is 8.01. The number of furan rings is 1. The zero-order valence-electron chi connectivity index (χ0n) is 9.91. The van der Waals surface area contributed by atoms with Crippen molar-refractivity contribution in [3.63, 3.8) is 0 Å². The minimum absolute atomic E-state index is 0.876. The van der Waals surface area contributed by atoms with Crippen LogP contribution in [0.4, 0.5) is 0 Å². The van der Waals surface area contributed by atoms with E-state index in [1.165, 1.54) is 26.2 Å². The van der Waals surface area contributed by atoms with E-state index in [1.807, 2.05) is 0 Å². The standard InChI is InChI=1S/C13H20N2O/c1-2-12-3-4-13(16-12)9-15-7-10-5-14-6-11(10)8-15/h3-4,10-11,14H,2,5-9H2,1H3/t10-,11+. The summed E-state index contributed by atoms with van der Waals surface area (Å²) in [5.41, 5.74) is 0. The van der Waals surface area contributed by atoms with Crippen LogP contribution in [0.1, 0.15) is 18.4 Å². The van der Waals surface area contributed by atoms with E-state index in [2.05, 4.69) is 29.3 Å². The van der Waals surface area contributed by atoms with Crippen molar-refractivity contribution in [1.29, 1.82) is 0 Å². The molecule has 0 aromatic carbocycles. The average molecular weight is 220 g/mol. The summed E-state index contributed by atoms with van der Waals surface area (Å²) < 4.78 is 5.76. The SMILES string of the molecule is CCc1ccc(CN2C[C@H]3CNC[C@H]3C2)o1. The van der Waals surface area contributed by atoms with Gasteiger partial charge in [0, 0.05) is 19.5 Å². The molecule has 0 amide bonds. The Balaban J connectivity index is 1.59. The highest BCUT2D eigenvalue weighted by molar-refractivity contribution is 5.07. The molecule has 3 heterocycles. The fourth-order valence-corrected chi connectivity index (χ4v) is 3.00. The molecule has 0 bridgehead atoms. The molecule has 0 saturated carbocycles. The van der Waals surface area contributed by atoms with Gasteiger partial charge in [-0.2, -0.15) is 0 Å². The summed E-state index contributed by atoms with van der Waals surface area (Å²) in [6.07, 6.45) is 0.995. The monoisotopic (exact) mass is 220 g/mol. The van der Waals surface area contributed by atoms with Crippen molar-refractivity contribution in [2.45, 2.75) is 19.9 Å². The summed E-state index contributed by atoms with van der Waals surface area (Å²) in [5.74, 6) is 3.99. The second-order valence-electron chi connectivity index (χ2n) is 5.09. The van der Waals surface area contributed by atoms with Gasteiger partial charge in [-0.15, -0.1) is 0 Å². The van der Waals surface area contributed by atoms with Crippen molar-refractivity contribution < 1.29 is 4.42 Å². The van der Waals surface area contributed by atoms with E-state index in [0.717, 1.165) is 36.3 Å². The Labute approximate surface area is 96.8 Å². The van der Waals surface area contributed by atoms with Crippen molar-refractivity contribution in [3.8, 4) is 0 Å². The van der Waals surface area contributed by atoms with Gasteiger partial charge in [-0.1, -0.05) is 6.92 Å². The maximum atomic E-state index is 5.76. The molecule has 3 rings (SSSR count). The van der Waals surface area contributed by atoms with Gasteiger partial charge in [-0.25, -0.2) is 0 Å². The molecule has 0 unspecified atom stereocenters. The summed E-state index contributed by atoms with van der Waals surface area (Å²) in [7, 11) is 0. The third kappa shape index (κ3) is 1.89. The number of hydrogen-bond acceptors (Lipinski definition) is 3. The van der Waals surface area contributed by atoms with Crippen LogP contribution in [0.3, 0.4) is 0 Å². The highest BCUT2D eigenvalue weighted by atomic mass is 16.3. The fourth-order valence-electron chi connectivity index (χ4n) is 3.00.